The molecule has 0 aliphatic carbocycles. The van der Waals surface area contributed by atoms with E-state index < -0.39 is 5.97 Å². The highest BCUT2D eigenvalue weighted by Gasteiger charge is 2.16. The predicted molar refractivity (Wildman–Crippen MR) is 37.4 cm³/mol. The minimum atomic E-state index is -0.769. The molecule has 1 rings (SSSR count). The number of hydrogen-bond donors (Lipinski definition) is 1. The molecule has 1 aliphatic heterocycles. The van der Waals surface area contributed by atoms with E-state index in [0.29, 0.717) is 4.91 Å². The molecule has 0 unspecified atom stereocenters. The molecule has 2 nitrogen and oxygen atoms in total. The fourth-order valence-electron chi connectivity index (χ4n) is 0.787. The topological polar surface area (TPSA) is 37.3 Å². The SMILES string of the molecule is CC1=C(C(=O)O)SCC1. The van der Waals surface area contributed by atoms with Gasteiger partial charge < -0.3 is 5.11 Å². The third kappa shape index (κ3) is 1.27. The summed E-state index contributed by atoms with van der Waals surface area (Å²) in [5, 5.41) is 8.50. The van der Waals surface area contributed by atoms with Crippen LogP contribution in [0, 0.1) is 0 Å². The summed E-state index contributed by atoms with van der Waals surface area (Å²) < 4.78 is 0. The Bertz CT molecular complexity index is 172. The van der Waals surface area contributed by atoms with E-state index in [2.05, 4.69) is 0 Å². The fraction of sp³-hybridized carbons (Fsp3) is 0.500. The molecule has 0 atom stereocenters. The van der Waals surface area contributed by atoms with Gasteiger partial charge in [0.1, 0.15) is 0 Å². The first kappa shape index (κ1) is 6.68. The highest BCUT2D eigenvalue weighted by atomic mass is 32.2. The first-order chi connectivity index (χ1) is 4.22. The Morgan fingerprint density at radius 1 is 1.78 bits per heavy atom. The van der Waals surface area contributed by atoms with Crippen molar-refractivity contribution in [3.63, 3.8) is 0 Å². The van der Waals surface area contributed by atoms with Crippen LogP contribution in [0.15, 0.2) is 10.5 Å². The standard InChI is InChI=1S/C6H8O2S/c1-4-2-3-9-5(4)6(7)8/h2-3H2,1H3,(H,7,8). The van der Waals surface area contributed by atoms with Crippen LogP contribution in [0.1, 0.15) is 13.3 Å². The van der Waals surface area contributed by atoms with Gasteiger partial charge in [0.05, 0.1) is 4.91 Å². The third-order valence-corrected chi connectivity index (χ3v) is 2.53. The van der Waals surface area contributed by atoms with Crippen LogP contribution >= 0.6 is 11.8 Å². The highest BCUT2D eigenvalue weighted by molar-refractivity contribution is 8.04. The van der Waals surface area contributed by atoms with Gasteiger partial charge in [-0.3, -0.25) is 0 Å². The van der Waals surface area contributed by atoms with Crippen molar-refractivity contribution in [3.8, 4) is 0 Å². The van der Waals surface area contributed by atoms with Crippen molar-refractivity contribution < 1.29 is 9.90 Å². The molecule has 3 heteroatoms. The molecule has 1 N–H and O–H groups in total. The van der Waals surface area contributed by atoms with E-state index >= 15 is 0 Å². The number of carboxylic acids is 1. The Hall–Kier alpha value is -0.440. The third-order valence-electron chi connectivity index (χ3n) is 1.31. The van der Waals surface area contributed by atoms with E-state index in [4.69, 9.17) is 5.11 Å². The summed E-state index contributed by atoms with van der Waals surface area (Å²) in [6.07, 6.45) is 0.937. The van der Waals surface area contributed by atoms with Gasteiger partial charge in [0, 0.05) is 5.75 Å². The van der Waals surface area contributed by atoms with Gasteiger partial charge in [-0.1, -0.05) is 5.57 Å². The minimum absolute atomic E-state index is 0.551. The maximum absolute atomic E-state index is 10.3. The number of thioether (sulfide) groups is 1. The smallest absolute Gasteiger partial charge is 0.342 e. The average molecular weight is 144 g/mol. The van der Waals surface area contributed by atoms with E-state index in [1.54, 1.807) is 0 Å². The van der Waals surface area contributed by atoms with Crippen LogP contribution in [0.3, 0.4) is 0 Å². The summed E-state index contributed by atoms with van der Waals surface area (Å²) in [5.41, 5.74) is 1.02. The van der Waals surface area contributed by atoms with Gasteiger partial charge >= 0.3 is 5.97 Å². The summed E-state index contributed by atoms with van der Waals surface area (Å²) in [6.45, 7) is 1.88. The van der Waals surface area contributed by atoms with Crippen molar-refractivity contribution in [2.45, 2.75) is 13.3 Å². The summed E-state index contributed by atoms with van der Waals surface area (Å²) in [6, 6.07) is 0. The number of aliphatic carboxylic acids is 1. The monoisotopic (exact) mass is 144 g/mol. The van der Waals surface area contributed by atoms with Gasteiger partial charge in [-0.15, -0.1) is 11.8 Å². The maximum Gasteiger partial charge on any atom is 0.342 e. The summed E-state index contributed by atoms with van der Waals surface area (Å²) in [5.74, 6) is 0.169. The normalized spacial score (nSPS) is 18.8. The van der Waals surface area contributed by atoms with E-state index in [1.807, 2.05) is 6.92 Å². The van der Waals surface area contributed by atoms with E-state index in [1.165, 1.54) is 11.8 Å². The first-order valence-electron chi connectivity index (χ1n) is 2.77. The molecule has 1 aliphatic rings. The molecule has 0 spiro atoms. The highest BCUT2D eigenvalue weighted by Crippen LogP contribution is 2.30. The Morgan fingerprint density at radius 2 is 2.44 bits per heavy atom. The molecule has 0 aromatic rings. The molecule has 0 radical (unpaired) electrons. The van der Waals surface area contributed by atoms with Gasteiger partial charge in [-0.25, -0.2) is 4.79 Å². The lowest BCUT2D eigenvalue weighted by molar-refractivity contribution is -0.131. The number of hydrogen-bond acceptors (Lipinski definition) is 2. The summed E-state index contributed by atoms with van der Waals surface area (Å²) in [4.78, 5) is 10.9. The van der Waals surface area contributed by atoms with Gasteiger partial charge in [-0.2, -0.15) is 0 Å². The molecule has 0 amide bonds. The molecule has 50 valence electrons. The minimum Gasteiger partial charge on any atom is -0.477 e. The zero-order valence-corrected chi connectivity index (χ0v) is 5.99. The van der Waals surface area contributed by atoms with Gasteiger partial charge in [0.2, 0.25) is 0 Å². The van der Waals surface area contributed by atoms with Gasteiger partial charge in [-0.05, 0) is 13.3 Å². The van der Waals surface area contributed by atoms with Crippen LogP contribution in [0.5, 0.6) is 0 Å². The van der Waals surface area contributed by atoms with Crippen LogP contribution in [-0.4, -0.2) is 16.8 Å². The second-order valence-electron chi connectivity index (χ2n) is 2.01. The lowest BCUT2D eigenvalue weighted by atomic mass is 10.2. The number of carboxylic acid groups (broad SMARTS) is 1. The Morgan fingerprint density at radius 3 is 2.67 bits per heavy atom. The van der Waals surface area contributed by atoms with Crippen LogP contribution in [0.4, 0.5) is 0 Å². The lowest BCUT2D eigenvalue weighted by Crippen LogP contribution is -1.95. The zero-order chi connectivity index (χ0) is 6.85. The quantitative estimate of drug-likeness (QED) is 0.605. The number of rotatable bonds is 1. The Balaban J connectivity index is 2.78. The number of allylic oxidation sites excluding steroid dienone is 1. The maximum atomic E-state index is 10.3. The van der Waals surface area contributed by atoms with Crippen LogP contribution in [0.2, 0.25) is 0 Å². The molecule has 0 aromatic carbocycles. The largest absolute Gasteiger partial charge is 0.477 e. The second kappa shape index (κ2) is 2.43. The van der Waals surface area contributed by atoms with E-state index in [9.17, 15) is 4.79 Å². The van der Waals surface area contributed by atoms with Crippen molar-refractivity contribution in [2.24, 2.45) is 0 Å². The molecule has 0 saturated carbocycles. The lowest BCUT2D eigenvalue weighted by Gasteiger charge is -1.91. The molecular formula is C6H8O2S. The van der Waals surface area contributed by atoms with Crippen molar-refractivity contribution >= 4 is 17.7 Å². The molecule has 0 fully saturated rings. The van der Waals surface area contributed by atoms with Crippen LogP contribution in [0.25, 0.3) is 0 Å². The molecule has 1 heterocycles. The second-order valence-corrected chi connectivity index (χ2v) is 3.12. The van der Waals surface area contributed by atoms with Crippen LogP contribution in [-0.2, 0) is 4.79 Å². The van der Waals surface area contributed by atoms with Crippen molar-refractivity contribution in [3.05, 3.63) is 10.5 Å². The number of carbonyl (C=O) groups is 1. The van der Waals surface area contributed by atoms with Gasteiger partial charge in [0.15, 0.2) is 0 Å². The molecule has 0 bridgehead atoms. The van der Waals surface area contributed by atoms with E-state index in [0.717, 1.165) is 17.7 Å². The van der Waals surface area contributed by atoms with Crippen molar-refractivity contribution in [2.75, 3.05) is 5.75 Å². The Kier molecular flexibility index (Phi) is 1.81. The molecular weight excluding hydrogens is 136 g/mol. The fourth-order valence-corrected chi connectivity index (χ4v) is 1.87. The first-order valence-corrected chi connectivity index (χ1v) is 3.76. The summed E-state index contributed by atoms with van der Waals surface area (Å²) >= 11 is 1.44. The predicted octanol–water partition coefficient (Wildman–Crippen LogP) is 1.48. The Labute approximate surface area is 57.9 Å². The molecule has 0 aromatic heterocycles. The molecule has 9 heavy (non-hydrogen) atoms. The average Bonchev–Trinajstić information content (AvgIpc) is 2.13. The molecule has 0 saturated heterocycles. The zero-order valence-electron chi connectivity index (χ0n) is 5.18. The van der Waals surface area contributed by atoms with Gasteiger partial charge in [0.25, 0.3) is 0 Å². The summed E-state index contributed by atoms with van der Waals surface area (Å²) in [7, 11) is 0. The van der Waals surface area contributed by atoms with E-state index in [-0.39, 0.29) is 0 Å². The van der Waals surface area contributed by atoms with Crippen molar-refractivity contribution in [1.29, 1.82) is 0 Å². The van der Waals surface area contributed by atoms with Crippen LogP contribution < -0.4 is 0 Å². The van der Waals surface area contributed by atoms with Crippen molar-refractivity contribution in [1.82, 2.24) is 0 Å².